The zero-order chi connectivity index (χ0) is 15.2. The maximum Gasteiger partial charge on any atom is 0.197 e. The van der Waals surface area contributed by atoms with Gasteiger partial charge >= 0.3 is 0 Å². The molecule has 0 aromatic heterocycles. The van der Waals surface area contributed by atoms with Gasteiger partial charge in [0, 0.05) is 5.56 Å². The molecule has 3 heteroatoms. The van der Waals surface area contributed by atoms with Crippen molar-refractivity contribution < 1.29 is 14.3 Å². The molecule has 2 aromatic carbocycles. The van der Waals surface area contributed by atoms with Crippen molar-refractivity contribution in [3.05, 3.63) is 65.2 Å². The van der Waals surface area contributed by atoms with Gasteiger partial charge in [-0.25, -0.2) is 0 Å². The SMILES string of the molecule is COc1ccc([C@H]2O[C@]23CCCc2ccccc2C3=O)cc1. The molecule has 22 heavy (non-hydrogen) atoms. The standard InChI is InChI=1S/C19H18O3/c1-21-15-10-8-14(9-11-15)18-19(22-18)12-4-6-13-5-2-3-7-16(13)17(19)20/h2-3,5,7-11,18H,4,6,12H2,1H3/t18-,19+/m1/s1. The first-order chi connectivity index (χ1) is 10.7. The van der Waals surface area contributed by atoms with Gasteiger partial charge in [-0.05, 0) is 42.5 Å². The van der Waals surface area contributed by atoms with Crippen LogP contribution in [0.2, 0.25) is 0 Å². The summed E-state index contributed by atoms with van der Waals surface area (Å²) < 4.78 is 11.1. The van der Waals surface area contributed by atoms with Crippen LogP contribution in [-0.2, 0) is 11.2 Å². The van der Waals surface area contributed by atoms with E-state index in [2.05, 4.69) is 6.07 Å². The van der Waals surface area contributed by atoms with Crippen LogP contribution in [0.4, 0.5) is 0 Å². The number of ether oxygens (including phenoxy) is 2. The fourth-order valence-electron chi connectivity index (χ4n) is 3.50. The van der Waals surface area contributed by atoms with E-state index in [1.165, 1.54) is 0 Å². The van der Waals surface area contributed by atoms with Gasteiger partial charge in [0.2, 0.25) is 0 Å². The van der Waals surface area contributed by atoms with E-state index < -0.39 is 5.60 Å². The van der Waals surface area contributed by atoms with Gasteiger partial charge in [-0.3, -0.25) is 4.79 Å². The van der Waals surface area contributed by atoms with Gasteiger partial charge in [-0.15, -0.1) is 0 Å². The van der Waals surface area contributed by atoms with Crippen molar-refractivity contribution in [3.8, 4) is 5.75 Å². The molecule has 0 amide bonds. The van der Waals surface area contributed by atoms with Crippen molar-refractivity contribution in [1.82, 2.24) is 0 Å². The molecule has 1 fully saturated rings. The monoisotopic (exact) mass is 294 g/mol. The van der Waals surface area contributed by atoms with Crippen molar-refractivity contribution in [3.63, 3.8) is 0 Å². The maximum absolute atomic E-state index is 13.0. The van der Waals surface area contributed by atoms with Gasteiger partial charge in [0.15, 0.2) is 11.4 Å². The largest absolute Gasteiger partial charge is 0.497 e. The number of methoxy groups -OCH3 is 1. The molecule has 2 aromatic rings. The Morgan fingerprint density at radius 1 is 1.14 bits per heavy atom. The number of hydrogen-bond acceptors (Lipinski definition) is 3. The highest BCUT2D eigenvalue weighted by Gasteiger charge is 2.62. The molecule has 0 N–H and O–H groups in total. The average Bonchev–Trinajstić information content (AvgIpc) is 3.32. The molecule has 3 nitrogen and oxygen atoms in total. The molecule has 4 rings (SSSR count). The van der Waals surface area contributed by atoms with Crippen LogP contribution in [-0.4, -0.2) is 18.5 Å². The van der Waals surface area contributed by atoms with Crippen LogP contribution in [0.1, 0.15) is 40.4 Å². The van der Waals surface area contributed by atoms with Gasteiger partial charge in [0.25, 0.3) is 0 Å². The van der Waals surface area contributed by atoms with Crippen LogP contribution in [0.3, 0.4) is 0 Å². The Hall–Kier alpha value is -2.13. The predicted octanol–water partition coefficient (Wildman–Crippen LogP) is 3.72. The van der Waals surface area contributed by atoms with E-state index in [1.54, 1.807) is 7.11 Å². The third-order valence-corrected chi connectivity index (χ3v) is 4.75. The summed E-state index contributed by atoms with van der Waals surface area (Å²) in [6.07, 6.45) is 2.59. The van der Waals surface area contributed by atoms with Gasteiger partial charge in [-0.2, -0.15) is 0 Å². The first kappa shape index (κ1) is 13.5. The molecule has 2 atom stereocenters. The summed E-state index contributed by atoms with van der Waals surface area (Å²) in [7, 11) is 1.65. The number of fused-ring (bicyclic) bond motifs is 1. The second kappa shape index (κ2) is 4.96. The van der Waals surface area contributed by atoms with Crippen molar-refractivity contribution in [1.29, 1.82) is 0 Å². The number of carbonyl (C=O) groups is 1. The lowest BCUT2D eigenvalue weighted by Gasteiger charge is -2.09. The van der Waals surface area contributed by atoms with Crippen LogP contribution >= 0.6 is 0 Å². The topological polar surface area (TPSA) is 38.8 Å². The van der Waals surface area contributed by atoms with Crippen LogP contribution in [0.15, 0.2) is 48.5 Å². The van der Waals surface area contributed by atoms with Crippen molar-refractivity contribution >= 4 is 5.78 Å². The molecule has 2 aliphatic rings. The minimum atomic E-state index is -0.652. The zero-order valence-corrected chi connectivity index (χ0v) is 12.5. The Balaban J connectivity index is 1.67. The number of benzene rings is 2. The zero-order valence-electron chi connectivity index (χ0n) is 12.5. The number of carbonyl (C=O) groups excluding carboxylic acids is 1. The van der Waals surface area contributed by atoms with Gasteiger partial charge < -0.3 is 9.47 Å². The Labute approximate surface area is 129 Å². The highest BCUT2D eigenvalue weighted by Crippen LogP contribution is 2.55. The van der Waals surface area contributed by atoms with Crippen LogP contribution in [0.25, 0.3) is 0 Å². The fraction of sp³-hybridized carbons (Fsp3) is 0.316. The minimum Gasteiger partial charge on any atom is -0.497 e. The summed E-state index contributed by atoms with van der Waals surface area (Å²) in [6, 6.07) is 15.7. The molecule has 1 aliphatic carbocycles. The molecule has 1 heterocycles. The quantitative estimate of drug-likeness (QED) is 0.792. The van der Waals surface area contributed by atoms with Crippen LogP contribution in [0, 0.1) is 0 Å². The lowest BCUT2D eigenvalue weighted by atomic mass is 9.89. The molecule has 1 spiro atoms. The Morgan fingerprint density at radius 2 is 1.91 bits per heavy atom. The summed E-state index contributed by atoms with van der Waals surface area (Å²) in [5.41, 5.74) is 2.37. The molecule has 0 saturated carbocycles. The number of ketones is 1. The van der Waals surface area contributed by atoms with Gasteiger partial charge in [0.05, 0.1) is 7.11 Å². The van der Waals surface area contributed by atoms with E-state index in [4.69, 9.17) is 9.47 Å². The molecule has 1 aliphatic heterocycles. The number of Topliss-reactive ketones (excluding diaryl/α,β-unsaturated/α-hetero) is 1. The van der Waals surface area contributed by atoms with E-state index in [1.807, 2.05) is 42.5 Å². The smallest absolute Gasteiger partial charge is 0.197 e. The molecule has 0 radical (unpaired) electrons. The molecule has 112 valence electrons. The average molecular weight is 294 g/mol. The highest BCUT2D eigenvalue weighted by atomic mass is 16.6. The summed E-state index contributed by atoms with van der Waals surface area (Å²) >= 11 is 0. The molecular formula is C19H18O3. The first-order valence-corrected chi connectivity index (χ1v) is 7.69. The van der Waals surface area contributed by atoms with E-state index in [0.29, 0.717) is 0 Å². The lowest BCUT2D eigenvalue weighted by Crippen LogP contribution is -2.24. The number of aryl methyl sites for hydroxylation is 1. The van der Waals surface area contributed by atoms with E-state index in [0.717, 1.165) is 41.7 Å². The molecule has 0 unspecified atom stereocenters. The van der Waals surface area contributed by atoms with Crippen LogP contribution < -0.4 is 4.74 Å². The fourth-order valence-corrected chi connectivity index (χ4v) is 3.50. The van der Waals surface area contributed by atoms with Gasteiger partial charge in [-0.1, -0.05) is 36.4 Å². The van der Waals surface area contributed by atoms with E-state index in [-0.39, 0.29) is 11.9 Å². The molecule has 1 saturated heterocycles. The summed E-state index contributed by atoms with van der Waals surface area (Å²) in [4.78, 5) is 13.0. The minimum absolute atomic E-state index is 0.128. The number of epoxide rings is 1. The Morgan fingerprint density at radius 3 is 2.68 bits per heavy atom. The third kappa shape index (κ3) is 1.97. The van der Waals surface area contributed by atoms with Crippen molar-refractivity contribution in [2.24, 2.45) is 0 Å². The second-order valence-electron chi connectivity index (χ2n) is 6.00. The maximum atomic E-state index is 13.0. The van der Waals surface area contributed by atoms with Gasteiger partial charge in [0.1, 0.15) is 11.9 Å². The van der Waals surface area contributed by atoms with Crippen molar-refractivity contribution in [2.45, 2.75) is 31.0 Å². The first-order valence-electron chi connectivity index (χ1n) is 7.69. The molecule has 0 bridgehead atoms. The predicted molar refractivity (Wildman–Crippen MR) is 83.3 cm³/mol. The van der Waals surface area contributed by atoms with E-state index >= 15 is 0 Å². The van der Waals surface area contributed by atoms with Crippen LogP contribution in [0.5, 0.6) is 5.75 Å². The Bertz CT molecular complexity index is 720. The molecular weight excluding hydrogens is 276 g/mol. The van der Waals surface area contributed by atoms with Crippen molar-refractivity contribution in [2.75, 3.05) is 7.11 Å². The summed E-state index contributed by atoms with van der Waals surface area (Å²) in [5.74, 6) is 0.956. The normalized spacial score (nSPS) is 26.4. The number of rotatable bonds is 2. The third-order valence-electron chi connectivity index (χ3n) is 4.75. The highest BCUT2D eigenvalue weighted by molar-refractivity contribution is 6.06. The second-order valence-corrected chi connectivity index (χ2v) is 6.00. The Kier molecular flexibility index (Phi) is 3.05. The number of hydrogen-bond donors (Lipinski definition) is 0. The lowest BCUT2D eigenvalue weighted by molar-refractivity contribution is 0.0867. The summed E-state index contributed by atoms with van der Waals surface area (Å²) in [5, 5.41) is 0. The summed E-state index contributed by atoms with van der Waals surface area (Å²) in [6.45, 7) is 0. The van der Waals surface area contributed by atoms with E-state index in [9.17, 15) is 4.79 Å².